The lowest BCUT2D eigenvalue weighted by molar-refractivity contribution is 0.187. The lowest BCUT2D eigenvalue weighted by Crippen LogP contribution is -1.97. The lowest BCUT2D eigenvalue weighted by Gasteiger charge is -1.90. The molecule has 0 bridgehead atoms. The van der Waals surface area contributed by atoms with E-state index in [-0.39, 0.29) is 0 Å². The summed E-state index contributed by atoms with van der Waals surface area (Å²) in [5.41, 5.74) is 0. The van der Waals surface area contributed by atoms with Gasteiger partial charge < -0.3 is 4.74 Å². The van der Waals surface area contributed by atoms with Crippen molar-refractivity contribution in [1.29, 1.82) is 0 Å². The van der Waals surface area contributed by atoms with Crippen LogP contribution in [0.25, 0.3) is 0 Å². The third-order valence-corrected chi connectivity index (χ3v) is 0.845. The Labute approximate surface area is 56.2 Å². The van der Waals surface area contributed by atoms with Gasteiger partial charge in [-0.1, -0.05) is 12.6 Å². The normalized spacial score (nSPS) is 8.25. The Morgan fingerprint density at radius 1 is 1.62 bits per heavy atom. The van der Waals surface area contributed by atoms with Gasteiger partial charge in [-0.15, -0.1) is 0 Å². The van der Waals surface area contributed by atoms with Gasteiger partial charge in [-0.2, -0.15) is 0 Å². The van der Waals surface area contributed by atoms with Crippen LogP contribution in [-0.4, -0.2) is 16.9 Å². The second-order valence-corrected chi connectivity index (χ2v) is 1.93. The van der Waals surface area contributed by atoms with E-state index >= 15 is 0 Å². The minimum absolute atomic E-state index is 0.634. The van der Waals surface area contributed by atoms with Gasteiger partial charge in [0, 0.05) is 0 Å². The fraction of sp³-hybridized carbons (Fsp3) is 0.333. The Kier molecular flexibility index (Phi) is 3.72. The van der Waals surface area contributed by atoms with E-state index in [1.165, 1.54) is 6.26 Å². The first-order chi connectivity index (χ1) is 3.66. The molecule has 8 heavy (non-hydrogen) atoms. The van der Waals surface area contributed by atoms with Crippen molar-refractivity contribution in [2.24, 2.45) is 0 Å². The van der Waals surface area contributed by atoms with Gasteiger partial charge in [0.2, 0.25) is 0 Å². The zero-order chi connectivity index (χ0) is 6.57. The Hall–Kier alpha value is -0.160. The fourth-order valence-corrected chi connectivity index (χ4v) is 0.417. The van der Waals surface area contributed by atoms with Crippen molar-refractivity contribution in [1.82, 2.24) is 0 Å². The van der Waals surface area contributed by atoms with Gasteiger partial charge in [-0.05, 0) is 18.0 Å². The van der Waals surface area contributed by atoms with Crippen LogP contribution in [0.2, 0.25) is 0 Å². The van der Waals surface area contributed by atoms with E-state index in [2.05, 4.69) is 17.4 Å². The maximum atomic E-state index is 10.1. The Morgan fingerprint density at radius 2 is 2.12 bits per heavy atom. The minimum atomic E-state index is -0.871. The van der Waals surface area contributed by atoms with Gasteiger partial charge in [-0.3, -0.25) is 0 Å². The average molecular weight is 152 g/mol. The lowest BCUT2D eigenvalue weighted by atomic mass is 11.4. The number of thiol groups is 1. The average Bonchev–Trinajstić information content (AvgIpc) is 1.65. The largest absolute Gasteiger partial charge is 0.376 e. The number of carbonyl (C=O) groups is 2. The third-order valence-electron chi connectivity index (χ3n) is 0.337. The van der Waals surface area contributed by atoms with E-state index in [1.807, 2.05) is 0 Å². The molecule has 0 aliphatic rings. The number of thioether (sulfide) groups is 1. The molecule has 0 aromatic carbocycles. The predicted octanol–water partition coefficient (Wildman–Crippen LogP) is 1.54. The van der Waals surface area contributed by atoms with Crippen LogP contribution in [0.1, 0.15) is 0 Å². The predicted molar refractivity (Wildman–Crippen MR) is 34.4 cm³/mol. The Morgan fingerprint density at radius 3 is 2.25 bits per heavy atom. The first kappa shape index (κ1) is 7.84. The molecule has 0 rings (SSSR count). The van der Waals surface area contributed by atoms with Gasteiger partial charge in [-0.25, -0.2) is 9.59 Å². The van der Waals surface area contributed by atoms with E-state index in [4.69, 9.17) is 0 Å². The molecule has 0 unspecified atom stereocenters. The van der Waals surface area contributed by atoms with E-state index < -0.39 is 10.6 Å². The molecule has 0 aromatic heterocycles. The Bertz CT molecular complexity index is 111. The molecule has 3 nitrogen and oxygen atoms in total. The quantitative estimate of drug-likeness (QED) is 0.325. The smallest absolute Gasteiger partial charge is 0.375 e. The molecule has 0 aliphatic carbocycles. The van der Waals surface area contributed by atoms with Crippen LogP contribution in [0.15, 0.2) is 0 Å². The Balaban J connectivity index is 3.40. The summed E-state index contributed by atoms with van der Waals surface area (Å²) in [6.45, 7) is 0. The third kappa shape index (κ3) is 4.01. The highest BCUT2D eigenvalue weighted by Gasteiger charge is 2.01. The van der Waals surface area contributed by atoms with Crippen LogP contribution in [0.5, 0.6) is 0 Å². The van der Waals surface area contributed by atoms with Crippen LogP contribution >= 0.6 is 24.4 Å². The van der Waals surface area contributed by atoms with E-state index in [0.29, 0.717) is 0 Å². The van der Waals surface area contributed by atoms with Gasteiger partial charge in [0.05, 0.1) is 0 Å². The van der Waals surface area contributed by atoms with E-state index in [9.17, 15) is 9.59 Å². The molecular formula is C3H4O3S2. The van der Waals surface area contributed by atoms with E-state index in [1.54, 1.807) is 0 Å². The van der Waals surface area contributed by atoms with Crippen molar-refractivity contribution in [2.75, 3.05) is 6.26 Å². The highest BCUT2D eigenvalue weighted by molar-refractivity contribution is 8.12. The summed E-state index contributed by atoms with van der Waals surface area (Å²) in [4.78, 5) is 19.9. The molecule has 0 saturated heterocycles. The second kappa shape index (κ2) is 3.80. The zero-order valence-corrected chi connectivity index (χ0v) is 5.79. The summed E-state index contributed by atoms with van der Waals surface area (Å²) < 4.78 is 3.95. The minimum Gasteiger partial charge on any atom is -0.376 e. The SMILES string of the molecule is CSC(=O)OC(=O)S. The van der Waals surface area contributed by atoms with Crippen molar-refractivity contribution >= 4 is 35.0 Å². The molecule has 0 saturated carbocycles. The fourth-order valence-electron chi connectivity index (χ4n) is 0.113. The van der Waals surface area contributed by atoms with Crippen LogP contribution in [-0.2, 0) is 4.74 Å². The van der Waals surface area contributed by atoms with Gasteiger partial charge in [0.15, 0.2) is 0 Å². The number of ether oxygens (including phenoxy) is 1. The molecule has 0 atom stereocenters. The summed E-state index contributed by atoms with van der Waals surface area (Å²) >= 11 is 4.02. The molecule has 0 aromatic rings. The van der Waals surface area contributed by atoms with Crippen molar-refractivity contribution in [2.45, 2.75) is 0 Å². The van der Waals surface area contributed by atoms with Crippen molar-refractivity contribution in [3.63, 3.8) is 0 Å². The number of hydrogen-bond acceptors (Lipinski definition) is 4. The summed E-state index contributed by atoms with van der Waals surface area (Å²) in [5, 5.41) is -1.51. The maximum Gasteiger partial charge on any atom is 0.375 e. The van der Waals surface area contributed by atoms with Crippen LogP contribution < -0.4 is 0 Å². The van der Waals surface area contributed by atoms with Crippen molar-refractivity contribution in [3.05, 3.63) is 0 Å². The molecule has 0 spiro atoms. The van der Waals surface area contributed by atoms with Gasteiger partial charge in [0.1, 0.15) is 0 Å². The maximum absolute atomic E-state index is 10.1. The molecular weight excluding hydrogens is 148 g/mol. The molecule has 0 radical (unpaired) electrons. The zero-order valence-electron chi connectivity index (χ0n) is 4.08. The molecule has 0 N–H and O–H groups in total. The van der Waals surface area contributed by atoms with Crippen molar-refractivity contribution < 1.29 is 14.3 Å². The molecule has 0 heterocycles. The second-order valence-electron chi connectivity index (χ2n) is 0.822. The van der Waals surface area contributed by atoms with Crippen molar-refractivity contribution in [3.8, 4) is 0 Å². The van der Waals surface area contributed by atoms with Crippen LogP contribution in [0, 0.1) is 0 Å². The summed E-state index contributed by atoms with van der Waals surface area (Å²) in [6.07, 6.45) is 1.51. The highest BCUT2D eigenvalue weighted by Crippen LogP contribution is 2.00. The number of rotatable bonds is 0. The van der Waals surface area contributed by atoms with Gasteiger partial charge in [0.25, 0.3) is 0 Å². The molecule has 0 amide bonds. The van der Waals surface area contributed by atoms with E-state index in [0.717, 1.165) is 11.8 Å². The van der Waals surface area contributed by atoms with Crippen LogP contribution in [0.3, 0.4) is 0 Å². The highest BCUT2D eigenvalue weighted by atomic mass is 32.2. The van der Waals surface area contributed by atoms with Crippen LogP contribution in [0.4, 0.5) is 9.59 Å². The summed E-state index contributed by atoms with van der Waals surface area (Å²) in [7, 11) is 0. The first-order valence-corrected chi connectivity index (χ1v) is 3.32. The summed E-state index contributed by atoms with van der Waals surface area (Å²) in [5.74, 6) is 0. The molecule has 0 fully saturated rings. The topological polar surface area (TPSA) is 43.4 Å². The molecule has 5 heteroatoms. The molecule has 0 aliphatic heterocycles. The monoisotopic (exact) mass is 152 g/mol. The summed E-state index contributed by atoms with van der Waals surface area (Å²) in [6, 6.07) is 0. The van der Waals surface area contributed by atoms with Gasteiger partial charge >= 0.3 is 10.6 Å². The number of hydrogen-bond donors (Lipinski definition) is 1. The molecule has 46 valence electrons. The standard InChI is InChI=1S/C3H4O3S2/c1-8-3(5)6-2(4)7/h1H3,(H,4,7). The first-order valence-electron chi connectivity index (χ1n) is 1.65. The number of carbonyl (C=O) groups excluding carboxylic acids is 2.